The first kappa shape index (κ1) is 16.1. The van der Waals surface area contributed by atoms with Crippen LogP contribution in [0.1, 0.15) is 32.8 Å². The number of rotatable bonds is 8. The van der Waals surface area contributed by atoms with Gasteiger partial charge < -0.3 is 10.1 Å². The monoisotopic (exact) mass is 271 g/mol. The summed E-state index contributed by atoms with van der Waals surface area (Å²) in [6.45, 7) is 7.52. The van der Waals surface area contributed by atoms with Crippen LogP contribution in [-0.4, -0.2) is 25.3 Å². The van der Waals surface area contributed by atoms with Crippen LogP contribution in [-0.2, 0) is 11.2 Å². The van der Waals surface area contributed by atoms with E-state index in [4.69, 9.17) is 4.74 Å². The number of hydrogen-bond acceptors (Lipinski definition) is 2. The van der Waals surface area contributed by atoms with E-state index in [0.717, 1.165) is 18.5 Å². The average Bonchev–Trinajstić information content (AvgIpc) is 2.40. The maximum Gasteiger partial charge on any atom is 0.159 e. The highest BCUT2D eigenvalue weighted by atomic mass is 19.2. The summed E-state index contributed by atoms with van der Waals surface area (Å²) in [6, 6.07) is 4.18. The van der Waals surface area contributed by atoms with Crippen LogP contribution in [0.2, 0.25) is 0 Å². The molecule has 0 saturated heterocycles. The fraction of sp³-hybridized carbons (Fsp3) is 0.600. The number of nitrogens with one attached hydrogen (secondary N) is 1. The third-order valence-corrected chi connectivity index (χ3v) is 3.14. The number of halogens is 2. The molecule has 0 aliphatic rings. The van der Waals surface area contributed by atoms with Gasteiger partial charge in [-0.05, 0) is 44.0 Å². The lowest BCUT2D eigenvalue weighted by molar-refractivity contribution is 0.0323. The van der Waals surface area contributed by atoms with Crippen molar-refractivity contribution in [3.05, 3.63) is 35.4 Å². The first-order valence-corrected chi connectivity index (χ1v) is 6.91. The van der Waals surface area contributed by atoms with Crippen LogP contribution in [0, 0.1) is 11.6 Å². The first-order chi connectivity index (χ1) is 9.12. The van der Waals surface area contributed by atoms with Gasteiger partial charge in [0, 0.05) is 12.6 Å². The smallest absolute Gasteiger partial charge is 0.159 e. The molecule has 0 amide bonds. The normalized spacial score (nSPS) is 14.4. The second kappa shape index (κ2) is 8.23. The van der Waals surface area contributed by atoms with Crippen LogP contribution < -0.4 is 5.32 Å². The topological polar surface area (TPSA) is 21.3 Å². The molecule has 0 fully saturated rings. The number of ether oxygens (including phenoxy) is 1. The van der Waals surface area contributed by atoms with Gasteiger partial charge in [-0.25, -0.2) is 8.78 Å². The molecule has 1 N–H and O–H groups in total. The second-order valence-electron chi connectivity index (χ2n) is 4.52. The molecule has 0 radical (unpaired) electrons. The van der Waals surface area contributed by atoms with Crippen molar-refractivity contribution in [2.24, 2.45) is 0 Å². The van der Waals surface area contributed by atoms with E-state index in [9.17, 15) is 8.78 Å². The van der Waals surface area contributed by atoms with Gasteiger partial charge in [-0.1, -0.05) is 19.9 Å². The molecular formula is C15H23F2NO. The van der Waals surface area contributed by atoms with Gasteiger partial charge in [0.1, 0.15) is 0 Å². The molecule has 1 aromatic rings. The Morgan fingerprint density at radius 1 is 1.16 bits per heavy atom. The third kappa shape index (κ3) is 4.88. The van der Waals surface area contributed by atoms with Gasteiger partial charge in [0.05, 0.1) is 6.10 Å². The predicted molar refractivity (Wildman–Crippen MR) is 73.2 cm³/mol. The van der Waals surface area contributed by atoms with Gasteiger partial charge >= 0.3 is 0 Å². The lowest BCUT2D eigenvalue weighted by Crippen LogP contribution is -2.42. The van der Waals surface area contributed by atoms with Crippen molar-refractivity contribution in [2.45, 2.75) is 45.8 Å². The molecule has 4 heteroatoms. The van der Waals surface area contributed by atoms with Gasteiger partial charge in [-0.15, -0.1) is 0 Å². The van der Waals surface area contributed by atoms with Crippen molar-refractivity contribution in [3.63, 3.8) is 0 Å². The molecule has 1 aromatic carbocycles. The summed E-state index contributed by atoms with van der Waals surface area (Å²) < 4.78 is 31.8. The molecule has 19 heavy (non-hydrogen) atoms. The predicted octanol–water partition coefficient (Wildman–Crippen LogP) is 3.30. The lowest BCUT2D eigenvalue weighted by Gasteiger charge is -2.27. The van der Waals surface area contributed by atoms with Crippen molar-refractivity contribution in [1.29, 1.82) is 0 Å². The summed E-state index contributed by atoms with van der Waals surface area (Å²) in [6.07, 6.45) is 1.59. The van der Waals surface area contributed by atoms with E-state index in [1.807, 2.05) is 13.8 Å². The zero-order valence-corrected chi connectivity index (χ0v) is 11.9. The van der Waals surface area contributed by atoms with E-state index in [1.165, 1.54) is 12.1 Å². The Labute approximate surface area is 114 Å². The molecule has 0 spiro atoms. The Hall–Kier alpha value is -1.00. The maximum absolute atomic E-state index is 13.2. The highest BCUT2D eigenvalue weighted by molar-refractivity contribution is 5.19. The van der Waals surface area contributed by atoms with E-state index < -0.39 is 11.6 Å². The van der Waals surface area contributed by atoms with E-state index in [0.29, 0.717) is 13.0 Å². The Kier molecular flexibility index (Phi) is 6.95. The molecule has 0 bridgehead atoms. The summed E-state index contributed by atoms with van der Waals surface area (Å²) in [4.78, 5) is 0. The summed E-state index contributed by atoms with van der Waals surface area (Å²) >= 11 is 0. The van der Waals surface area contributed by atoms with Crippen LogP contribution >= 0.6 is 0 Å². The molecule has 0 saturated carbocycles. The largest absolute Gasteiger partial charge is 0.377 e. The molecule has 0 aromatic heterocycles. The van der Waals surface area contributed by atoms with Crippen molar-refractivity contribution in [2.75, 3.05) is 13.2 Å². The highest BCUT2D eigenvalue weighted by Gasteiger charge is 2.20. The minimum Gasteiger partial charge on any atom is -0.377 e. The lowest BCUT2D eigenvalue weighted by atomic mass is 9.99. The second-order valence-corrected chi connectivity index (χ2v) is 4.52. The Morgan fingerprint density at radius 2 is 1.89 bits per heavy atom. The molecule has 2 nitrogen and oxygen atoms in total. The SMILES string of the molecule is CCNC(Cc1ccc(F)c(F)c1)C(CC)OCC. The van der Waals surface area contributed by atoms with E-state index >= 15 is 0 Å². The van der Waals surface area contributed by atoms with Crippen molar-refractivity contribution < 1.29 is 13.5 Å². The van der Waals surface area contributed by atoms with Crippen LogP contribution in [0.15, 0.2) is 18.2 Å². The summed E-state index contributed by atoms with van der Waals surface area (Å²) in [7, 11) is 0. The van der Waals surface area contributed by atoms with Crippen LogP contribution in [0.25, 0.3) is 0 Å². The highest BCUT2D eigenvalue weighted by Crippen LogP contribution is 2.14. The van der Waals surface area contributed by atoms with Gasteiger partial charge in [0.25, 0.3) is 0 Å². The van der Waals surface area contributed by atoms with Crippen LogP contribution in [0.3, 0.4) is 0 Å². The summed E-state index contributed by atoms with van der Waals surface area (Å²) in [5, 5.41) is 3.36. The van der Waals surface area contributed by atoms with Crippen LogP contribution in [0.4, 0.5) is 8.78 Å². The standard InChI is InChI=1S/C15H23F2NO/c1-4-15(19-6-3)14(18-5-2)10-11-7-8-12(16)13(17)9-11/h7-9,14-15,18H,4-6,10H2,1-3H3. The molecule has 1 rings (SSSR count). The molecule has 0 aliphatic heterocycles. The van der Waals surface area contributed by atoms with Crippen molar-refractivity contribution in [1.82, 2.24) is 5.32 Å². The average molecular weight is 271 g/mol. The van der Waals surface area contributed by atoms with Crippen LogP contribution in [0.5, 0.6) is 0 Å². The molecule has 0 aliphatic carbocycles. The van der Waals surface area contributed by atoms with E-state index in [2.05, 4.69) is 12.2 Å². The Morgan fingerprint density at radius 3 is 2.42 bits per heavy atom. The number of hydrogen-bond donors (Lipinski definition) is 1. The third-order valence-electron chi connectivity index (χ3n) is 3.14. The first-order valence-electron chi connectivity index (χ1n) is 6.91. The molecule has 2 unspecified atom stereocenters. The Balaban J connectivity index is 2.78. The molecular weight excluding hydrogens is 248 g/mol. The Bertz CT molecular complexity index is 384. The molecule has 0 heterocycles. The minimum atomic E-state index is -0.805. The van der Waals surface area contributed by atoms with Crippen molar-refractivity contribution >= 4 is 0 Å². The zero-order chi connectivity index (χ0) is 14.3. The molecule has 108 valence electrons. The van der Waals surface area contributed by atoms with Gasteiger partial charge in [0.15, 0.2) is 11.6 Å². The van der Waals surface area contributed by atoms with Crippen molar-refractivity contribution in [3.8, 4) is 0 Å². The van der Waals surface area contributed by atoms with Gasteiger partial charge in [-0.2, -0.15) is 0 Å². The maximum atomic E-state index is 13.2. The quantitative estimate of drug-likeness (QED) is 0.783. The molecule has 2 atom stereocenters. The van der Waals surface area contributed by atoms with Gasteiger partial charge in [0.2, 0.25) is 0 Å². The summed E-state index contributed by atoms with van der Waals surface area (Å²) in [5.74, 6) is -1.60. The van der Waals surface area contributed by atoms with E-state index in [-0.39, 0.29) is 12.1 Å². The minimum absolute atomic E-state index is 0.0815. The number of likely N-dealkylation sites (N-methyl/N-ethyl adjacent to an activating group) is 1. The number of benzene rings is 1. The van der Waals surface area contributed by atoms with E-state index in [1.54, 1.807) is 6.07 Å². The fourth-order valence-corrected chi connectivity index (χ4v) is 2.25. The zero-order valence-electron chi connectivity index (χ0n) is 11.9. The fourth-order valence-electron chi connectivity index (χ4n) is 2.25. The summed E-state index contributed by atoms with van der Waals surface area (Å²) in [5.41, 5.74) is 0.781. The van der Waals surface area contributed by atoms with Gasteiger partial charge in [-0.3, -0.25) is 0 Å².